The largest absolute Gasteiger partial charge is 0.672 e. The molecular formula is O6PuSi2-4. The molecule has 0 aliphatic rings. The van der Waals surface area contributed by atoms with Crippen LogP contribution in [-0.4, -0.2) is 18.3 Å². The summed E-state index contributed by atoms with van der Waals surface area (Å²) < 4.78 is 17.0. The molecule has 0 fully saturated rings. The van der Waals surface area contributed by atoms with Gasteiger partial charge >= 0.3 is 0 Å². The van der Waals surface area contributed by atoms with Crippen LogP contribution in [-0.2, 0) is 8.92 Å². The van der Waals surface area contributed by atoms with E-state index in [1.54, 1.807) is 0 Å². The smallest absolute Gasteiger partial charge is 0.0172 e. The molecule has 0 spiro atoms. The summed E-state index contributed by atoms with van der Waals surface area (Å²) in [6, 6.07) is 0. The summed E-state index contributed by atoms with van der Waals surface area (Å²) in [5, 5.41) is 0. The van der Waals surface area contributed by atoms with Crippen molar-refractivity contribution < 1.29 is 57.3 Å². The molecule has 0 atom stereocenters. The van der Waals surface area contributed by atoms with E-state index in [2.05, 4.69) is 0 Å². The van der Waals surface area contributed by atoms with E-state index in [4.69, 9.17) is 28.1 Å². The molecule has 0 N–H and O–H groups in total. The van der Waals surface area contributed by atoms with Gasteiger partial charge in [0, 0.05) is 47.5 Å². The van der Waals surface area contributed by atoms with Crippen molar-refractivity contribution in [2.24, 2.45) is 0 Å². The van der Waals surface area contributed by atoms with E-state index in [1.807, 2.05) is 0 Å². The summed E-state index contributed by atoms with van der Waals surface area (Å²) in [4.78, 5) is 34.1. The number of rotatable bonds is 0. The predicted molar refractivity (Wildman–Crippen MR) is 12.9 cm³/mol. The normalized spacial score (nSPS) is 5.33. The fraction of sp³-hybridized carbons (Fsp3) is 0. The Bertz CT molecular complexity index is 69.1. The summed E-state index contributed by atoms with van der Waals surface area (Å²) >= 11 is 0. The van der Waals surface area contributed by atoms with E-state index >= 15 is 0 Å². The van der Waals surface area contributed by atoms with E-state index in [9.17, 15) is 0 Å². The molecule has 6 nitrogen and oxygen atoms in total. The summed E-state index contributed by atoms with van der Waals surface area (Å²) in [6.07, 6.45) is 0. The molecule has 9 heavy (non-hydrogen) atoms. The minimum atomic E-state index is -3.63. The molecule has 0 rings (SSSR count). The Hall–Kier alpha value is 0.221. The molecule has 0 saturated carbocycles. The molecular weight excluding hydrogens is 396 g/mol. The third kappa shape index (κ3) is 6530. The molecule has 0 aromatic heterocycles. The fourth-order valence-electron chi connectivity index (χ4n) is 0. The van der Waals surface area contributed by atoms with E-state index in [1.165, 1.54) is 0 Å². The quantitative estimate of drug-likeness (QED) is 0.376. The van der Waals surface area contributed by atoms with E-state index < -0.39 is 18.3 Å². The van der Waals surface area contributed by atoms with Gasteiger partial charge in [-0.2, -0.15) is 0 Å². The average molecular weight is 396 g/mol. The van der Waals surface area contributed by atoms with Gasteiger partial charge in [0.25, 0.3) is 0 Å². The van der Waals surface area contributed by atoms with Crippen LogP contribution in [0.15, 0.2) is 0 Å². The van der Waals surface area contributed by atoms with Gasteiger partial charge in [-0.1, -0.05) is 0 Å². The minimum Gasteiger partial charge on any atom is -0.672 e. The van der Waals surface area contributed by atoms with Crippen LogP contribution in [0.1, 0.15) is 0 Å². The van der Waals surface area contributed by atoms with Crippen LogP contribution in [0.25, 0.3) is 0 Å². The molecule has 0 bridgehead atoms. The van der Waals surface area contributed by atoms with Gasteiger partial charge in [-0.25, -0.2) is 0 Å². The van der Waals surface area contributed by atoms with Crippen molar-refractivity contribution in [3.8, 4) is 0 Å². The van der Waals surface area contributed by atoms with Crippen LogP contribution in [0.2, 0.25) is 0 Å². The van der Waals surface area contributed by atoms with Crippen LogP contribution in [0, 0.1) is 29.2 Å². The first kappa shape index (κ1) is 16.1. The van der Waals surface area contributed by atoms with Crippen LogP contribution in [0.3, 0.4) is 0 Å². The molecule has 0 unspecified atom stereocenters. The third-order valence-corrected chi connectivity index (χ3v) is 0. The van der Waals surface area contributed by atoms with E-state index in [0.717, 1.165) is 0 Å². The summed E-state index contributed by atoms with van der Waals surface area (Å²) in [6.45, 7) is 0. The van der Waals surface area contributed by atoms with Gasteiger partial charge in [-0.3, -0.25) is 0 Å². The average Bonchev–Trinajstić information content (AvgIpc) is 1.25. The maximum atomic E-state index is 8.52. The van der Waals surface area contributed by atoms with Crippen LogP contribution in [0.5, 0.6) is 0 Å². The first-order valence-electron chi connectivity index (χ1n) is 1.22. The molecule has 54 valence electrons. The summed E-state index contributed by atoms with van der Waals surface area (Å²) in [5.74, 6) is 0. The van der Waals surface area contributed by atoms with E-state index in [-0.39, 0.29) is 29.2 Å². The Balaban J connectivity index is -0.0000000720. The van der Waals surface area contributed by atoms with Crippen molar-refractivity contribution in [2.75, 3.05) is 0 Å². The Morgan fingerprint density at radius 3 is 0.778 bits per heavy atom. The first-order chi connectivity index (χ1) is 3.46. The minimum absolute atomic E-state index is 0. The molecule has 0 heterocycles. The van der Waals surface area contributed by atoms with Crippen molar-refractivity contribution in [2.45, 2.75) is 0 Å². The Kier molecular flexibility index (Phi) is 19.8. The maximum absolute atomic E-state index is 8.52. The van der Waals surface area contributed by atoms with Crippen molar-refractivity contribution in [3.05, 3.63) is 0 Å². The zero-order valence-corrected chi connectivity index (χ0v) is 9.26. The second kappa shape index (κ2) is 11.1. The van der Waals surface area contributed by atoms with Gasteiger partial charge in [0.2, 0.25) is 0 Å². The summed E-state index contributed by atoms with van der Waals surface area (Å²) in [7, 11) is -7.26. The molecule has 0 saturated heterocycles. The van der Waals surface area contributed by atoms with Gasteiger partial charge < -0.3 is 28.1 Å². The topological polar surface area (TPSA) is 126 Å². The zero-order valence-electron chi connectivity index (χ0n) is 3.86. The fourth-order valence-corrected chi connectivity index (χ4v) is 0. The van der Waals surface area contributed by atoms with Crippen LogP contribution < -0.4 is 19.2 Å². The molecule has 0 radical (unpaired) electrons. The van der Waals surface area contributed by atoms with Crippen molar-refractivity contribution in [3.63, 3.8) is 0 Å². The van der Waals surface area contributed by atoms with Crippen LogP contribution >= 0.6 is 0 Å². The SMILES string of the molecule is O=[Si]([O-])[O-].O=[Si]([O-])[O-].[Pu]. The van der Waals surface area contributed by atoms with Crippen molar-refractivity contribution in [1.82, 2.24) is 0 Å². The first-order valence-corrected chi connectivity index (χ1v) is 3.67. The molecule has 0 aliphatic heterocycles. The molecule has 0 amide bonds. The molecule has 0 aliphatic carbocycles. The van der Waals surface area contributed by atoms with Crippen molar-refractivity contribution >= 4 is 18.3 Å². The maximum Gasteiger partial charge on any atom is 0.0172 e. The Morgan fingerprint density at radius 1 is 0.778 bits per heavy atom. The van der Waals surface area contributed by atoms with Crippen LogP contribution in [0.4, 0.5) is 0 Å². The van der Waals surface area contributed by atoms with Gasteiger partial charge in [-0.05, 0) is 0 Å². The van der Waals surface area contributed by atoms with Gasteiger partial charge in [-0.15, -0.1) is 0 Å². The second-order valence-electron chi connectivity index (χ2n) is 0.500. The standard InChI is InChI=1S/2O3Si.Pu/c2*1-4(2)3;/q2*-2;. The Labute approximate surface area is 75.5 Å². The number of hydrogen-bond donors (Lipinski definition) is 0. The zero-order chi connectivity index (χ0) is 7.15. The van der Waals surface area contributed by atoms with E-state index in [0.29, 0.717) is 0 Å². The second-order valence-corrected chi connectivity index (χ2v) is 1.50. The van der Waals surface area contributed by atoms with Gasteiger partial charge in [0.15, 0.2) is 0 Å². The monoisotopic (exact) mass is 390 g/mol. The molecule has 9 heteroatoms. The predicted octanol–water partition coefficient (Wildman–Crippen LogP) is -5.76. The van der Waals surface area contributed by atoms with Gasteiger partial charge in [0.1, 0.15) is 0 Å². The van der Waals surface area contributed by atoms with Gasteiger partial charge in [0.05, 0.1) is 0 Å². The third-order valence-electron chi connectivity index (χ3n) is 0. The van der Waals surface area contributed by atoms with Crippen molar-refractivity contribution in [1.29, 1.82) is 0 Å². The molecule has 0 aromatic rings. The molecule has 0 aromatic carbocycles. The summed E-state index contributed by atoms with van der Waals surface area (Å²) in [5.41, 5.74) is 0. The number of hydrogen-bond acceptors (Lipinski definition) is 6. The Morgan fingerprint density at radius 2 is 0.778 bits per heavy atom.